The highest BCUT2D eigenvalue weighted by molar-refractivity contribution is 7.22. The molecule has 0 atom stereocenters. The third-order valence-electron chi connectivity index (χ3n) is 4.28. The van der Waals surface area contributed by atoms with Crippen molar-refractivity contribution in [2.75, 3.05) is 11.9 Å². The van der Waals surface area contributed by atoms with Crippen molar-refractivity contribution in [2.24, 2.45) is 0 Å². The van der Waals surface area contributed by atoms with Gasteiger partial charge in [0.1, 0.15) is 5.60 Å². The molecule has 134 valence electrons. The molecule has 0 unspecified atom stereocenters. The molecule has 5 nitrogen and oxygen atoms in total. The summed E-state index contributed by atoms with van der Waals surface area (Å²) >= 11 is 1.46. The highest BCUT2D eigenvalue weighted by Gasteiger charge is 2.32. The Hall–Kier alpha value is -2.60. The van der Waals surface area contributed by atoms with Crippen molar-refractivity contribution in [2.45, 2.75) is 32.8 Å². The summed E-state index contributed by atoms with van der Waals surface area (Å²) in [4.78, 5) is 16.8. The third-order valence-corrected chi connectivity index (χ3v) is 5.22. The second kappa shape index (κ2) is 6.29. The summed E-state index contributed by atoms with van der Waals surface area (Å²) in [5.41, 5.74) is 2.87. The van der Waals surface area contributed by atoms with Gasteiger partial charge < -0.3 is 9.47 Å². The van der Waals surface area contributed by atoms with Crippen LogP contribution in [-0.4, -0.2) is 23.1 Å². The average molecular weight is 368 g/mol. The molecule has 1 aliphatic rings. The molecule has 2 heterocycles. The van der Waals surface area contributed by atoms with Crippen molar-refractivity contribution in [3.8, 4) is 11.5 Å². The van der Waals surface area contributed by atoms with Gasteiger partial charge in [-0.25, -0.2) is 4.98 Å². The summed E-state index contributed by atoms with van der Waals surface area (Å²) < 4.78 is 12.7. The van der Waals surface area contributed by atoms with Gasteiger partial charge in [0.05, 0.1) is 10.2 Å². The molecule has 1 amide bonds. The zero-order valence-electron chi connectivity index (χ0n) is 15.0. The number of ether oxygens (including phenoxy) is 2. The Bertz CT molecular complexity index is 994. The van der Waals surface area contributed by atoms with Crippen LogP contribution in [0.1, 0.15) is 25.0 Å². The van der Waals surface area contributed by atoms with Crippen molar-refractivity contribution < 1.29 is 14.3 Å². The molecule has 6 heteroatoms. The fourth-order valence-corrected chi connectivity index (χ4v) is 4.10. The smallest absolute Gasteiger partial charge is 0.264 e. The lowest BCUT2D eigenvalue weighted by atomic mass is 10.0. The van der Waals surface area contributed by atoms with E-state index in [1.54, 1.807) is 0 Å². The Morgan fingerprint density at radius 1 is 1.31 bits per heavy atom. The topological polar surface area (TPSA) is 60.5 Å². The van der Waals surface area contributed by atoms with Gasteiger partial charge in [-0.05, 0) is 38.5 Å². The molecule has 0 radical (unpaired) electrons. The van der Waals surface area contributed by atoms with Gasteiger partial charge in [-0.3, -0.25) is 10.1 Å². The quantitative estimate of drug-likeness (QED) is 0.744. The predicted molar refractivity (Wildman–Crippen MR) is 103 cm³/mol. The Labute approximate surface area is 156 Å². The average Bonchev–Trinajstić information content (AvgIpc) is 3.12. The monoisotopic (exact) mass is 368 g/mol. The molecule has 2 aromatic carbocycles. The molecule has 0 fully saturated rings. The van der Waals surface area contributed by atoms with Crippen LogP contribution in [-0.2, 0) is 11.2 Å². The fraction of sp³-hybridized carbons (Fsp3) is 0.300. The maximum absolute atomic E-state index is 12.3. The Kier molecular flexibility index (Phi) is 4.07. The summed E-state index contributed by atoms with van der Waals surface area (Å²) in [6.07, 6.45) is 0.830. The number of thiazole rings is 1. The fourth-order valence-electron chi connectivity index (χ4n) is 3.14. The zero-order valence-corrected chi connectivity index (χ0v) is 15.8. The van der Waals surface area contributed by atoms with Crippen LogP contribution >= 0.6 is 11.3 Å². The largest absolute Gasteiger partial charge is 0.483 e. The number of carbonyl (C=O) groups is 1. The van der Waals surface area contributed by atoms with Gasteiger partial charge in [-0.2, -0.15) is 0 Å². The van der Waals surface area contributed by atoms with Gasteiger partial charge in [0.25, 0.3) is 5.91 Å². The highest BCUT2D eigenvalue weighted by atomic mass is 32.1. The minimum Gasteiger partial charge on any atom is -0.483 e. The molecule has 1 aliphatic heterocycles. The van der Waals surface area contributed by atoms with Crippen LogP contribution in [0, 0.1) is 6.92 Å². The van der Waals surface area contributed by atoms with Crippen molar-refractivity contribution in [1.29, 1.82) is 0 Å². The van der Waals surface area contributed by atoms with E-state index in [9.17, 15) is 4.79 Å². The summed E-state index contributed by atoms with van der Waals surface area (Å²) in [6.45, 7) is 6.00. The number of hydrogen-bond acceptors (Lipinski definition) is 5. The molecule has 1 N–H and O–H groups in total. The van der Waals surface area contributed by atoms with E-state index in [1.165, 1.54) is 11.3 Å². The van der Waals surface area contributed by atoms with Crippen LogP contribution < -0.4 is 14.8 Å². The van der Waals surface area contributed by atoms with E-state index in [1.807, 2.05) is 57.2 Å². The van der Waals surface area contributed by atoms with Crippen LogP contribution in [0.2, 0.25) is 0 Å². The zero-order chi connectivity index (χ0) is 18.3. The first-order valence-electron chi connectivity index (χ1n) is 8.51. The number of fused-ring (bicyclic) bond motifs is 2. The molecular formula is C20H20N2O3S. The van der Waals surface area contributed by atoms with Gasteiger partial charge >= 0.3 is 0 Å². The molecule has 26 heavy (non-hydrogen) atoms. The van der Waals surface area contributed by atoms with Crippen molar-refractivity contribution >= 4 is 32.6 Å². The molecule has 0 bridgehead atoms. The predicted octanol–water partition coefficient (Wildman–Crippen LogP) is 4.34. The summed E-state index contributed by atoms with van der Waals surface area (Å²) in [5, 5.41) is 3.40. The van der Waals surface area contributed by atoms with E-state index in [2.05, 4.69) is 10.3 Å². The number of aromatic nitrogens is 1. The van der Waals surface area contributed by atoms with Gasteiger partial charge in [-0.1, -0.05) is 35.6 Å². The molecule has 4 rings (SSSR count). The number of nitrogens with zero attached hydrogens (tertiary/aromatic N) is 1. The van der Waals surface area contributed by atoms with E-state index in [0.717, 1.165) is 33.5 Å². The summed E-state index contributed by atoms with van der Waals surface area (Å²) in [7, 11) is 0. The lowest BCUT2D eigenvalue weighted by Gasteiger charge is -2.18. The van der Waals surface area contributed by atoms with E-state index < -0.39 is 0 Å². The normalized spacial score (nSPS) is 14.7. The van der Waals surface area contributed by atoms with Crippen LogP contribution in [0.4, 0.5) is 5.13 Å². The minimum absolute atomic E-state index is 0.0881. The number of para-hydroxylation sites is 2. The van der Waals surface area contributed by atoms with E-state index in [4.69, 9.17) is 9.47 Å². The number of carbonyl (C=O) groups excluding carboxylic acids is 1. The molecule has 0 aliphatic carbocycles. The van der Waals surface area contributed by atoms with E-state index >= 15 is 0 Å². The van der Waals surface area contributed by atoms with Crippen molar-refractivity contribution in [3.05, 3.63) is 47.5 Å². The Morgan fingerprint density at radius 3 is 2.92 bits per heavy atom. The van der Waals surface area contributed by atoms with Crippen molar-refractivity contribution in [3.63, 3.8) is 0 Å². The van der Waals surface area contributed by atoms with Crippen LogP contribution in [0.3, 0.4) is 0 Å². The second-order valence-corrected chi connectivity index (χ2v) is 8.09. The number of hydrogen-bond donors (Lipinski definition) is 1. The number of anilines is 1. The van der Waals surface area contributed by atoms with Crippen LogP contribution in [0.15, 0.2) is 36.4 Å². The number of nitrogens with one attached hydrogen (secondary N) is 1. The maximum atomic E-state index is 12.3. The SMILES string of the molecule is Cc1cccc2sc(NC(=O)COc3cccc4c3OC(C)(C)C4)nc12. The summed E-state index contributed by atoms with van der Waals surface area (Å²) in [6, 6.07) is 11.8. The molecule has 1 aromatic heterocycles. The first kappa shape index (κ1) is 16.8. The number of amides is 1. The summed E-state index contributed by atoms with van der Waals surface area (Å²) in [5.74, 6) is 1.10. The third kappa shape index (κ3) is 3.24. The molecule has 3 aromatic rings. The maximum Gasteiger partial charge on any atom is 0.264 e. The van der Waals surface area contributed by atoms with Crippen molar-refractivity contribution in [1.82, 2.24) is 4.98 Å². The Balaban J connectivity index is 1.43. The molecule has 0 spiro atoms. The molecule has 0 saturated carbocycles. The first-order chi connectivity index (χ1) is 12.4. The van der Waals surface area contributed by atoms with E-state index in [0.29, 0.717) is 10.9 Å². The van der Waals surface area contributed by atoms with E-state index in [-0.39, 0.29) is 18.1 Å². The standard InChI is InChI=1S/C20H20N2O3S/c1-12-6-4-9-15-17(12)22-19(26-15)21-16(23)11-24-14-8-5-7-13-10-20(2,3)25-18(13)14/h4-9H,10-11H2,1-3H3,(H,21,22,23). The minimum atomic E-state index is -0.247. The molecular weight excluding hydrogens is 348 g/mol. The molecule has 0 saturated heterocycles. The Morgan fingerprint density at radius 2 is 2.12 bits per heavy atom. The van der Waals surface area contributed by atoms with Gasteiger partial charge in [0.15, 0.2) is 23.2 Å². The number of rotatable bonds is 4. The number of benzene rings is 2. The second-order valence-electron chi connectivity index (χ2n) is 7.06. The van der Waals surface area contributed by atoms with Gasteiger partial charge in [-0.15, -0.1) is 0 Å². The van der Waals surface area contributed by atoms with Crippen LogP contribution in [0.25, 0.3) is 10.2 Å². The van der Waals surface area contributed by atoms with Gasteiger partial charge in [0.2, 0.25) is 0 Å². The first-order valence-corrected chi connectivity index (χ1v) is 9.33. The number of aryl methyl sites for hydroxylation is 1. The van der Waals surface area contributed by atoms with Gasteiger partial charge in [0, 0.05) is 12.0 Å². The highest BCUT2D eigenvalue weighted by Crippen LogP contribution is 2.41. The lowest BCUT2D eigenvalue weighted by molar-refractivity contribution is -0.118. The lowest BCUT2D eigenvalue weighted by Crippen LogP contribution is -2.25. The van der Waals surface area contributed by atoms with Crippen LogP contribution in [0.5, 0.6) is 11.5 Å².